The van der Waals surface area contributed by atoms with Crippen molar-refractivity contribution in [2.75, 3.05) is 11.5 Å². The first-order chi connectivity index (χ1) is 21.2. The lowest BCUT2D eigenvalue weighted by Gasteiger charge is -2.24. The molecule has 0 saturated carbocycles. The lowest BCUT2D eigenvalue weighted by atomic mass is 9.82. The van der Waals surface area contributed by atoms with E-state index in [9.17, 15) is 20.3 Å². The van der Waals surface area contributed by atoms with Gasteiger partial charge in [-0.3, -0.25) is 5.41 Å². The number of nitrogen functional groups attached to an aromatic ring is 2. The van der Waals surface area contributed by atoms with Gasteiger partial charge < -0.3 is 11.5 Å². The van der Waals surface area contributed by atoms with Crippen LogP contribution in [0.15, 0.2) is 71.1 Å². The molecule has 0 bridgehead atoms. The maximum Gasteiger partial charge on any atom is 0.174 e. The number of rotatable bonds is 3. The third kappa shape index (κ3) is 4.35. The maximum atomic E-state index is 15.1. The van der Waals surface area contributed by atoms with Crippen LogP contribution in [0, 0.1) is 45.5 Å². The number of nitrogens with zero attached hydrogens (tertiary/aromatic N) is 4. The van der Waals surface area contributed by atoms with Crippen molar-refractivity contribution in [3.63, 3.8) is 0 Å². The van der Waals surface area contributed by atoms with Gasteiger partial charge in [-0.1, -0.05) is 42.5 Å². The Kier molecular flexibility index (Phi) is 6.88. The number of aromatic nitrogens is 1. The van der Waals surface area contributed by atoms with E-state index in [0.717, 1.165) is 5.56 Å². The van der Waals surface area contributed by atoms with E-state index in [-0.39, 0.29) is 33.6 Å². The summed E-state index contributed by atoms with van der Waals surface area (Å²) in [5.41, 5.74) is 12.4. The highest BCUT2D eigenvalue weighted by Gasteiger charge is 2.30. The summed E-state index contributed by atoms with van der Waals surface area (Å²) in [7, 11) is 0. The Morgan fingerprint density at radius 2 is 1.41 bits per heavy atom. The molecule has 0 spiro atoms. The number of halogens is 3. The van der Waals surface area contributed by atoms with Gasteiger partial charge in [0.2, 0.25) is 0 Å². The average molecular weight is 602 g/mol. The van der Waals surface area contributed by atoms with Gasteiger partial charge in [-0.2, -0.15) is 10.5 Å². The fourth-order valence-electron chi connectivity index (χ4n) is 5.32. The Bertz CT molecular complexity index is 2170. The number of nitriles is 2. The summed E-state index contributed by atoms with van der Waals surface area (Å²) < 4.78 is 48.6. The van der Waals surface area contributed by atoms with Crippen molar-refractivity contribution < 1.29 is 13.2 Å². The molecule has 5 aromatic rings. The van der Waals surface area contributed by atoms with Crippen LogP contribution in [0.5, 0.6) is 0 Å². The third-order valence-electron chi connectivity index (χ3n) is 7.38. The molecule has 0 saturated heterocycles. The van der Waals surface area contributed by atoms with Gasteiger partial charge in [0.1, 0.15) is 17.1 Å². The number of anilines is 2. The van der Waals surface area contributed by atoms with Crippen LogP contribution in [-0.4, -0.2) is 16.4 Å². The molecular weight excluding hydrogens is 583 g/mol. The van der Waals surface area contributed by atoms with Gasteiger partial charge in [0.05, 0.1) is 45.8 Å². The van der Waals surface area contributed by atoms with Gasteiger partial charge in [-0.25, -0.2) is 22.6 Å². The van der Waals surface area contributed by atoms with E-state index in [1.807, 2.05) is 42.5 Å². The van der Waals surface area contributed by atoms with Crippen LogP contribution in [0.25, 0.3) is 44.9 Å². The van der Waals surface area contributed by atoms with Crippen LogP contribution in [-0.2, 0) is 0 Å². The SMILES string of the molecule is N#Cc1cc(C#N)cc(-c2nc3cc(-c4c(F)c(N)c(F)c(N)c4F)ccc3c3c2C=C(c2ccccc2)C(=NS)C3=N)c1. The number of hydrogen-bond acceptors (Lipinski definition) is 8. The van der Waals surface area contributed by atoms with Crippen molar-refractivity contribution >= 4 is 58.2 Å². The fraction of sp³-hybridized carbons (Fsp3) is 0. The van der Waals surface area contributed by atoms with Crippen molar-refractivity contribution in [3.05, 3.63) is 112 Å². The zero-order valence-electron chi connectivity index (χ0n) is 22.5. The summed E-state index contributed by atoms with van der Waals surface area (Å²) in [5.74, 6) is -4.03. The van der Waals surface area contributed by atoms with Crippen LogP contribution in [0.2, 0.25) is 0 Å². The van der Waals surface area contributed by atoms with E-state index in [1.165, 1.54) is 24.3 Å². The van der Waals surface area contributed by atoms with E-state index in [0.29, 0.717) is 33.3 Å². The average Bonchev–Trinajstić information content (AvgIpc) is 3.05. The second-order valence-electron chi connectivity index (χ2n) is 9.90. The summed E-state index contributed by atoms with van der Waals surface area (Å²) in [5, 5.41) is 29.0. The first-order valence-corrected chi connectivity index (χ1v) is 13.3. The van der Waals surface area contributed by atoms with Crippen molar-refractivity contribution in [1.29, 1.82) is 15.9 Å². The van der Waals surface area contributed by atoms with Crippen molar-refractivity contribution in [3.8, 4) is 34.5 Å². The lowest BCUT2D eigenvalue weighted by Crippen LogP contribution is -2.22. The number of nitrogens with two attached hydrogens (primary N) is 2. The smallest absolute Gasteiger partial charge is 0.174 e. The van der Waals surface area contributed by atoms with Crippen molar-refractivity contribution in [2.45, 2.75) is 0 Å². The topological polar surface area (TPSA) is 149 Å². The van der Waals surface area contributed by atoms with E-state index in [4.69, 9.17) is 16.5 Å². The summed E-state index contributed by atoms with van der Waals surface area (Å²) in [6.07, 6.45) is 1.80. The summed E-state index contributed by atoms with van der Waals surface area (Å²) >= 11 is 4.16. The Labute approximate surface area is 254 Å². The summed E-state index contributed by atoms with van der Waals surface area (Å²) in [6, 6.07) is 22.2. The third-order valence-corrected chi connectivity index (χ3v) is 7.58. The largest absolute Gasteiger partial charge is 0.394 e. The Hall–Kier alpha value is -5.91. The van der Waals surface area contributed by atoms with Crippen LogP contribution in [0.4, 0.5) is 24.5 Å². The van der Waals surface area contributed by atoms with E-state index in [2.05, 4.69) is 17.2 Å². The molecular formula is C33H18F3N7S. The van der Waals surface area contributed by atoms with Gasteiger partial charge in [0, 0.05) is 27.6 Å². The summed E-state index contributed by atoms with van der Waals surface area (Å²) in [4.78, 5) is 4.83. The Morgan fingerprint density at radius 1 is 0.773 bits per heavy atom. The molecule has 7 nitrogen and oxygen atoms in total. The molecule has 1 heterocycles. The lowest BCUT2D eigenvalue weighted by molar-refractivity contribution is 0.560. The van der Waals surface area contributed by atoms with Crippen molar-refractivity contribution in [1.82, 2.24) is 4.98 Å². The van der Waals surface area contributed by atoms with Crippen molar-refractivity contribution in [2.24, 2.45) is 4.40 Å². The quantitative estimate of drug-likeness (QED) is 0.129. The normalized spacial score (nSPS) is 13.4. The number of benzene rings is 4. The molecule has 5 N–H and O–H groups in total. The molecule has 1 aliphatic carbocycles. The van der Waals surface area contributed by atoms with Gasteiger partial charge in [-0.05, 0) is 54.3 Å². The maximum absolute atomic E-state index is 15.1. The minimum atomic E-state index is -1.39. The minimum Gasteiger partial charge on any atom is -0.394 e. The number of allylic oxidation sites excluding steroid dienone is 1. The second kappa shape index (κ2) is 10.7. The van der Waals surface area contributed by atoms with Crippen LogP contribution in [0.1, 0.15) is 27.8 Å². The van der Waals surface area contributed by atoms with E-state index >= 15 is 8.78 Å². The number of nitrogens with one attached hydrogen (secondary N) is 1. The molecule has 0 atom stereocenters. The Balaban J connectivity index is 1.73. The summed E-state index contributed by atoms with van der Waals surface area (Å²) in [6.45, 7) is 0. The molecule has 44 heavy (non-hydrogen) atoms. The molecule has 212 valence electrons. The molecule has 0 radical (unpaired) electrons. The Morgan fingerprint density at radius 3 is 2.00 bits per heavy atom. The molecule has 0 unspecified atom stereocenters. The van der Waals surface area contributed by atoms with Crippen LogP contribution in [0.3, 0.4) is 0 Å². The van der Waals surface area contributed by atoms with E-state index in [1.54, 1.807) is 18.2 Å². The van der Waals surface area contributed by atoms with Gasteiger partial charge in [0.25, 0.3) is 0 Å². The number of thiol groups is 1. The van der Waals surface area contributed by atoms with Gasteiger partial charge in [-0.15, -0.1) is 0 Å². The zero-order chi connectivity index (χ0) is 31.3. The molecule has 0 amide bonds. The molecule has 1 aliphatic rings. The highest BCUT2D eigenvalue weighted by Crippen LogP contribution is 2.41. The number of hydrogen-bond donors (Lipinski definition) is 4. The number of pyridine rings is 1. The second-order valence-corrected chi connectivity index (χ2v) is 10.1. The molecule has 6 rings (SSSR count). The standard InChI is InChI=1S/C33H18F3N7S/c34-26-24(27(35)31(41)28(36)30(26)40)18-6-7-20-23(11-18)42-32(19-9-15(13-37)8-16(10-19)14-38)22-12-21(17-4-2-1-3-5-17)33(43-44)29(39)25(20)22/h1-12,39,44H,40-41H2. The highest BCUT2D eigenvalue weighted by atomic mass is 32.1. The van der Waals surface area contributed by atoms with Crippen LogP contribution >= 0.6 is 12.8 Å². The molecule has 0 aliphatic heterocycles. The predicted octanol–water partition coefficient (Wildman–Crippen LogP) is 7.10. The van der Waals surface area contributed by atoms with E-state index < -0.39 is 34.4 Å². The minimum absolute atomic E-state index is 0.00216. The zero-order valence-corrected chi connectivity index (χ0v) is 23.3. The number of fused-ring (bicyclic) bond motifs is 3. The van der Waals surface area contributed by atoms with Gasteiger partial charge >= 0.3 is 0 Å². The molecule has 4 aromatic carbocycles. The highest BCUT2D eigenvalue weighted by molar-refractivity contribution is 7.79. The molecule has 0 fully saturated rings. The predicted molar refractivity (Wildman–Crippen MR) is 168 cm³/mol. The monoisotopic (exact) mass is 601 g/mol. The van der Waals surface area contributed by atoms with Gasteiger partial charge in [0.15, 0.2) is 17.5 Å². The molecule has 11 heteroatoms. The van der Waals surface area contributed by atoms with Crippen LogP contribution < -0.4 is 11.5 Å². The molecule has 1 aromatic heterocycles. The first kappa shape index (κ1) is 28.2. The first-order valence-electron chi connectivity index (χ1n) is 12.9. The fourth-order valence-corrected chi connectivity index (χ4v) is 5.53.